The van der Waals surface area contributed by atoms with Crippen LogP contribution in [0, 0.1) is 0 Å². The van der Waals surface area contributed by atoms with Crippen LogP contribution in [-0.2, 0) is 0 Å². The van der Waals surface area contributed by atoms with Gasteiger partial charge in [-0.15, -0.1) is 0 Å². The highest BCUT2D eigenvalue weighted by atomic mass is 16.5. The van der Waals surface area contributed by atoms with Gasteiger partial charge in [-0.1, -0.05) is 6.92 Å². The fourth-order valence-corrected chi connectivity index (χ4v) is 1.71. The van der Waals surface area contributed by atoms with Gasteiger partial charge in [0, 0.05) is 18.0 Å². The highest BCUT2D eigenvalue weighted by Gasteiger charge is 2.14. The Bertz CT molecular complexity index is 431. The van der Waals surface area contributed by atoms with Crippen LogP contribution in [0.3, 0.4) is 0 Å². The maximum absolute atomic E-state index is 12.0. The van der Waals surface area contributed by atoms with Crippen molar-refractivity contribution in [3.63, 3.8) is 0 Å². The van der Waals surface area contributed by atoms with Gasteiger partial charge in [0.1, 0.15) is 0 Å². The number of nitrogens with one attached hydrogen (secondary N) is 1. The van der Waals surface area contributed by atoms with Crippen LogP contribution in [0.1, 0.15) is 37.0 Å². The first kappa shape index (κ1) is 12.7. The molecule has 0 aromatic heterocycles. The second kappa shape index (κ2) is 5.76. The fraction of sp³-hybridized carbons (Fsp3) is 0.500. The van der Waals surface area contributed by atoms with Crippen LogP contribution >= 0.6 is 0 Å². The average Bonchev–Trinajstić information content (AvgIpc) is 2.62. The van der Waals surface area contributed by atoms with Gasteiger partial charge in [0.15, 0.2) is 11.5 Å². The molecule has 1 heterocycles. The Morgan fingerprint density at radius 2 is 2.06 bits per heavy atom. The van der Waals surface area contributed by atoms with E-state index in [0.717, 1.165) is 12.8 Å². The van der Waals surface area contributed by atoms with Gasteiger partial charge in [-0.25, -0.2) is 0 Å². The summed E-state index contributed by atoms with van der Waals surface area (Å²) in [5.74, 6) is 1.30. The minimum atomic E-state index is -0.0694. The fourth-order valence-electron chi connectivity index (χ4n) is 1.71. The van der Waals surface area contributed by atoms with Gasteiger partial charge in [-0.3, -0.25) is 4.79 Å². The second-order valence-electron chi connectivity index (χ2n) is 4.49. The van der Waals surface area contributed by atoms with Gasteiger partial charge < -0.3 is 14.8 Å². The van der Waals surface area contributed by atoms with Crippen molar-refractivity contribution in [2.75, 3.05) is 13.2 Å². The van der Waals surface area contributed by atoms with Gasteiger partial charge in [0.25, 0.3) is 5.91 Å². The van der Waals surface area contributed by atoms with Crippen molar-refractivity contribution < 1.29 is 14.3 Å². The molecule has 0 saturated heterocycles. The first-order valence-corrected chi connectivity index (χ1v) is 6.41. The predicted octanol–water partition coefficient (Wildman–Crippen LogP) is 2.38. The SMILES string of the molecule is CCC(C)NC(=O)c1ccc2c(c1)OCCCO2. The van der Waals surface area contributed by atoms with E-state index in [4.69, 9.17) is 9.47 Å². The molecule has 4 heteroatoms. The molecule has 18 heavy (non-hydrogen) atoms. The molecule has 1 aliphatic heterocycles. The van der Waals surface area contributed by atoms with E-state index in [1.807, 2.05) is 13.8 Å². The van der Waals surface area contributed by atoms with Crippen molar-refractivity contribution in [2.45, 2.75) is 32.7 Å². The van der Waals surface area contributed by atoms with E-state index in [-0.39, 0.29) is 11.9 Å². The number of amides is 1. The highest BCUT2D eigenvalue weighted by Crippen LogP contribution is 2.30. The van der Waals surface area contributed by atoms with E-state index in [1.54, 1.807) is 18.2 Å². The molecule has 0 bridgehead atoms. The molecule has 98 valence electrons. The van der Waals surface area contributed by atoms with E-state index >= 15 is 0 Å². The Morgan fingerprint density at radius 1 is 1.33 bits per heavy atom. The third kappa shape index (κ3) is 2.94. The summed E-state index contributed by atoms with van der Waals surface area (Å²) in [6.07, 6.45) is 1.78. The normalized spacial score (nSPS) is 15.7. The van der Waals surface area contributed by atoms with E-state index in [9.17, 15) is 4.79 Å². The number of carbonyl (C=O) groups excluding carboxylic acids is 1. The summed E-state index contributed by atoms with van der Waals surface area (Å²) in [6, 6.07) is 5.49. The van der Waals surface area contributed by atoms with E-state index in [1.165, 1.54) is 0 Å². The molecule has 0 saturated carbocycles. The van der Waals surface area contributed by atoms with Crippen molar-refractivity contribution >= 4 is 5.91 Å². The molecule has 0 spiro atoms. The Morgan fingerprint density at radius 3 is 2.78 bits per heavy atom. The summed E-state index contributed by atoms with van der Waals surface area (Å²) in [4.78, 5) is 12.0. The lowest BCUT2D eigenvalue weighted by Gasteiger charge is -2.13. The summed E-state index contributed by atoms with van der Waals surface area (Å²) < 4.78 is 11.1. The molecule has 0 fully saturated rings. The monoisotopic (exact) mass is 249 g/mol. The highest BCUT2D eigenvalue weighted by molar-refractivity contribution is 5.95. The minimum absolute atomic E-state index is 0.0694. The van der Waals surface area contributed by atoms with Crippen LogP contribution in [0.15, 0.2) is 18.2 Å². The summed E-state index contributed by atoms with van der Waals surface area (Å²) >= 11 is 0. The number of rotatable bonds is 3. The quantitative estimate of drug-likeness (QED) is 0.894. The average molecular weight is 249 g/mol. The summed E-state index contributed by atoms with van der Waals surface area (Å²) in [6.45, 7) is 5.31. The zero-order chi connectivity index (χ0) is 13.0. The molecule has 1 N–H and O–H groups in total. The van der Waals surface area contributed by atoms with E-state index in [2.05, 4.69) is 5.32 Å². The number of hydrogen-bond donors (Lipinski definition) is 1. The van der Waals surface area contributed by atoms with Crippen LogP contribution < -0.4 is 14.8 Å². The summed E-state index contributed by atoms with van der Waals surface area (Å²) in [5.41, 5.74) is 0.611. The maximum atomic E-state index is 12.0. The van der Waals surface area contributed by atoms with Crippen LogP contribution in [0.4, 0.5) is 0 Å². The molecular weight excluding hydrogens is 230 g/mol. The molecule has 1 aromatic carbocycles. The molecule has 2 rings (SSSR count). The maximum Gasteiger partial charge on any atom is 0.251 e. The van der Waals surface area contributed by atoms with Crippen molar-refractivity contribution in [1.82, 2.24) is 5.32 Å². The lowest BCUT2D eigenvalue weighted by Crippen LogP contribution is -2.31. The molecule has 1 unspecified atom stereocenters. The Balaban J connectivity index is 2.15. The molecule has 1 amide bonds. The lowest BCUT2D eigenvalue weighted by atomic mass is 10.1. The largest absolute Gasteiger partial charge is 0.490 e. The predicted molar refractivity (Wildman–Crippen MR) is 69.3 cm³/mol. The zero-order valence-corrected chi connectivity index (χ0v) is 10.9. The Hall–Kier alpha value is -1.71. The lowest BCUT2D eigenvalue weighted by molar-refractivity contribution is 0.0939. The number of ether oxygens (including phenoxy) is 2. The van der Waals surface area contributed by atoms with Crippen molar-refractivity contribution in [3.8, 4) is 11.5 Å². The molecule has 1 atom stereocenters. The van der Waals surface area contributed by atoms with Gasteiger partial charge in [0.2, 0.25) is 0 Å². The van der Waals surface area contributed by atoms with Gasteiger partial charge >= 0.3 is 0 Å². The topological polar surface area (TPSA) is 47.6 Å². The third-order valence-corrected chi connectivity index (χ3v) is 3.00. The standard InChI is InChI=1S/C14H19NO3/c1-3-10(2)15-14(16)11-5-6-12-13(9-11)18-8-4-7-17-12/h5-6,9-10H,3-4,7-8H2,1-2H3,(H,15,16). The number of fused-ring (bicyclic) bond motifs is 1. The Labute approximate surface area is 107 Å². The number of hydrogen-bond acceptors (Lipinski definition) is 3. The zero-order valence-electron chi connectivity index (χ0n) is 10.9. The summed E-state index contributed by atoms with van der Waals surface area (Å²) in [7, 11) is 0. The second-order valence-corrected chi connectivity index (χ2v) is 4.49. The minimum Gasteiger partial charge on any atom is -0.490 e. The molecule has 0 radical (unpaired) electrons. The molecule has 1 aromatic rings. The van der Waals surface area contributed by atoms with Gasteiger partial charge in [0.05, 0.1) is 13.2 Å². The van der Waals surface area contributed by atoms with Crippen LogP contribution in [0.5, 0.6) is 11.5 Å². The molecule has 4 nitrogen and oxygen atoms in total. The first-order valence-electron chi connectivity index (χ1n) is 6.41. The summed E-state index contributed by atoms with van der Waals surface area (Å²) in [5, 5.41) is 2.93. The van der Waals surface area contributed by atoms with Crippen molar-refractivity contribution in [1.29, 1.82) is 0 Å². The van der Waals surface area contributed by atoms with Crippen LogP contribution in [0.25, 0.3) is 0 Å². The third-order valence-electron chi connectivity index (χ3n) is 3.00. The molecule has 0 aliphatic carbocycles. The first-order chi connectivity index (χ1) is 8.70. The molecular formula is C14H19NO3. The van der Waals surface area contributed by atoms with Crippen LogP contribution in [-0.4, -0.2) is 25.2 Å². The van der Waals surface area contributed by atoms with E-state index in [0.29, 0.717) is 30.3 Å². The smallest absolute Gasteiger partial charge is 0.251 e. The number of carbonyl (C=O) groups is 1. The van der Waals surface area contributed by atoms with Crippen molar-refractivity contribution in [2.24, 2.45) is 0 Å². The van der Waals surface area contributed by atoms with Crippen LogP contribution in [0.2, 0.25) is 0 Å². The number of benzene rings is 1. The van der Waals surface area contributed by atoms with Gasteiger partial charge in [-0.05, 0) is 31.5 Å². The Kier molecular flexibility index (Phi) is 4.07. The van der Waals surface area contributed by atoms with Gasteiger partial charge in [-0.2, -0.15) is 0 Å². The van der Waals surface area contributed by atoms with E-state index < -0.39 is 0 Å². The molecule has 1 aliphatic rings. The van der Waals surface area contributed by atoms with Crippen molar-refractivity contribution in [3.05, 3.63) is 23.8 Å².